The van der Waals surface area contributed by atoms with Crippen LogP contribution in [0.4, 0.5) is 4.79 Å². The Hall–Kier alpha value is -1.83. The van der Waals surface area contributed by atoms with Crippen molar-refractivity contribution in [2.75, 3.05) is 26.2 Å². The maximum absolute atomic E-state index is 12.9. The second kappa shape index (κ2) is 11.0. The van der Waals surface area contributed by atoms with E-state index in [0.717, 1.165) is 19.3 Å². The molecule has 8 nitrogen and oxygen atoms in total. The van der Waals surface area contributed by atoms with Gasteiger partial charge in [0.05, 0.1) is 0 Å². The van der Waals surface area contributed by atoms with Gasteiger partial charge in [0.1, 0.15) is 12.6 Å². The van der Waals surface area contributed by atoms with Gasteiger partial charge >= 0.3 is 6.03 Å². The van der Waals surface area contributed by atoms with Crippen LogP contribution in [0, 0.1) is 11.8 Å². The van der Waals surface area contributed by atoms with E-state index < -0.39 is 11.9 Å². The normalized spacial score (nSPS) is 16.9. The number of rotatable bonds is 9. The van der Waals surface area contributed by atoms with Crippen LogP contribution in [0.5, 0.6) is 0 Å². The maximum atomic E-state index is 12.9. The Balaban J connectivity index is 2.73. The highest BCUT2D eigenvalue weighted by Gasteiger charge is 2.36. The van der Waals surface area contributed by atoms with E-state index in [1.807, 2.05) is 13.8 Å². The van der Waals surface area contributed by atoms with Crippen molar-refractivity contribution in [2.24, 2.45) is 11.8 Å². The minimum absolute atomic E-state index is 0.132. The highest BCUT2D eigenvalue weighted by molar-refractivity contribution is 5.89. The third-order valence-corrected chi connectivity index (χ3v) is 4.53. The number of nitrogens with one attached hydrogen (secondary N) is 2. The molecule has 0 aromatic carbocycles. The Morgan fingerprint density at radius 2 is 1.81 bits per heavy atom. The van der Waals surface area contributed by atoms with E-state index in [9.17, 15) is 14.4 Å². The van der Waals surface area contributed by atoms with Crippen LogP contribution in [0.1, 0.15) is 53.4 Å². The highest BCUT2D eigenvalue weighted by atomic mass is 16.5. The van der Waals surface area contributed by atoms with E-state index in [-0.39, 0.29) is 18.5 Å². The van der Waals surface area contributed by atoms with Crippen molar-refractivity contribution in [3.05, 3.63) is 0 Å². The standard InChI is InChI=1S/C18H34N4O4/c1-13(2)7-9-19-17(24)15-6-5-10-22(15)18(25)21(11-8-14(3)4)12-16(23)20-26/h13-15,26H,5-12H2,1-4H3,(H,19,24)(H,20,23)/t15-/m0/s1. The minimum Gasteiger partial charge on any atom is -0.354 e. The summed E-state index contributed by atoms with van der Waals surface area (Å²) in [5, 5.41) is 11.7. The Labute approximate surface area is 156 Å². The van der Waals surface area contributed by atoms with Crippen molar-refractivity contribution >= 4 is 17.8 Å². The number of hydrogen-bond acceptors (Lipinski definition) is 4. The van der Waals surface area contributed by atoms with Crippen LogP contribution >= 0.6 is 0 Å². The second-order valence-corrected chi connectivity index (χ2v) is 7.75. The lowest BCUT2D eigenvalue weighted by molar-refractivity contribution is -0.130. The van der Waals surface area contributed by atoms with Gasteiger partial charge in [-0.1, -0.05) is 27.7 Å². The smallest absolute Gasteiger partial charge is 0.321 e. The quantitative estimate of drug-likeness (QED) is 0.424. The monoisotopic (exact) mass is 370 g/mol. The van der Waals surface area contributed by atoms with Crippen LogP contribution in [0.3, 0.4) is 0 Å². The van der Waals surface area contributed by atoms with Crippen LogP contribution in [-0.4, -0.2) is 65.1 Å². The summed E-state index contributed by atoms with van der Waals surface area (Å²) < 4.78 is 0. The Morgan fingerprint density at radius 3 is 2.38 bits per heavy atom. The lowest BCUT2D eigenvalue weighted by Crippen LogP contribution is -2.53. The summed E-state index contributed by atoms with van der Waals surface area (Å²) in [5.74, 6) is 0.0995. The molecule has 4 amide bonds. The fraction of sp³-hybridized carbons (Fsp3) is 0.833. The number of hydroxylamine groups is 1. The Morgan fingerprint density at radius 1 is 1.15 bits per heavy atom. The van der Waals surface area contributed by atoms with E-state index >= 15 is 0 Å². The molecule has 1 rings (SSSR count). The van der Waals surface area contributed by atoms with Gasteiger partial charge in [0.15, 0.2) is 0 Å². The Bertz CT molecular complexity index is 482. The molecule has 3 N–H and O–H groups in total. The number of amides is 4. The second-order valence-electron chi connectivity index (χ2n) is 7.75. The molecule has 0 spiro atoms. The number of hydrogen-bond donors (Lipinski definition) is 3. The van der Waals surface area contributed by atoms with Gasteiger partial charge in [0.2, 0.25) is 5.91 Å². The molecule has 8 heteroatoms. The number of carbonyl (C=O) groups excluding carboxylic acids is 3. The van der Waals surface area contributed by atoms with Gasteiger partial charge < -0.3 is 15.1 Å². The molecule has 0 aromatic heterocycles. The zero-order chi connectivity index (χ0) is 19.7. The summed E-state index contributed by atoms with van der Waals surface area (Å²) in [6, 6.07) is -0.816. The molecule has 150 valence electrons. The minimum atomic E-state index is -0.640. The van der Waals surface area contributed by atoms with E-state index in [2.05, 4.69) is 19.2 Å². The molecule has 1 aliphatic heterocycles. The van der Waals surface area contributed by atoms with Crippen LogP contribution in [0.2, 0.25) is 0 Å². The molecule has 26 heavy (non-hydrogen) atoms. The Kier molecular flexibility index (Phi) is 9.40. The van der Waals surface area contributed by atoms with Crippen LogP contribution in [0.15, 0.2) is 0 Å². The third kappa shape index (κ3) is 7.19. The van der Waals surface area contributed by atoms with Gasteiger partial charge in [-0.05, 0) is 37.5 Å². The molecule has 1 fully saturated rings. The summed E-state index contributed by atoms with van der Waals surface area (Å²) in [5.41, 5.74) is 1.57. The zero-order valence-corrected chi connectivity index (χ0v) is 16.5. The largest absolute Gasteiger partial charge is 0.354 e. The van der Waals surface area contributed by atoms with Crippen molar-refractivity contribution in [2.45, 2.75) is 59.4 Å². The number of nitrogens with zero attached hydrogens (tertiary/aromatic N) is 2. The first kappa shape index (κ1) is 22.2. The number of carbonyl (C=O) groups is 3. The fourth-order valence-electron chi connectivity index (χ4n) is 2.92. The molecular weight excluding hydrogens is 336 g/mol. The molecule has 1 saturated heterocycles. The van der Waals surface area contributed by atoms with Crippen molar-refractivity contribution in [1.29, 1.82) is 0 Å². The zero-order valence-electron chi connectivity index (χ0n) is 16.5. The molecule has 1 atom stereocenters. The molecule has 0 bridgehead atoms. The van der Waals surface area contributed by atoms with Gasteiger partial charge in [0.25, 0.3) is 5.91 Å². The van der Waals surface area contributed by atoms with E-state index in [4.69, 9.17) is 5.21 Å². The average molecular weight is 370 g/mol. The SMILES string of the molecule is CC(C)CCNC(=O)[C@@H]1CCCN1C(=O)N(CCC(C)C)CC(=O)NO. The van der Waals surface area contributed by atoms with Crippen LogP contribution in [-0.2, 0) is 9.59 Å². The molecule has 0 saturated carbocycles. The molecule has 0 aromatic rings. The molecule has 0 unspecified atom stereocenters. The van der Waals surface area contributed by atoms with Gasteiger partial charge in [-0.25, -0.2) is 10.3 Å². The number of urea groups is 1. The summed E-state index contributed by atoms with van der Waals surface area (Å²) in [6.45, 7) is 9.54. The highest BCUT2D eigenvalue weighted by Crippen LogP contribution is 2.20. The lowest BCUT2D eigenvalue weighted by atomic mass is 10.1. The van der Waals surface area contributed by atoms with Crippen molar-refractivity contribution in [1.82, 2.24) is 20.6 Å². The molecule has 0 radical (unpaired) electrons. The van der Waals surface area contributed by atoms with Crippen molar-refractivity contribution < 1.29 is 19.6 Å². The van der Waals surface area contributed by atoms with Gasteiger partial charge in [-0.3, -0.25) is 14.8 Å². The van der Waals surface area contributed by atoms with E-state index in [1.165, 1.54) is 4.90 Å². The van der Waals surface area contributed by atoms with Gasteiger partial charge in [0, 0.05) is 19.6 Å². The third-order valence-electron chi connectivity index (χ3n) is 4.53. The first-order chi connectivity index (χ1) is 12.3. The van der Waals surface area contributed by atoms with E-state index in [0.29, 0.717) is 37.9 Å². The predicted molar refractivity (Wildman–Crippen MR) is 98.5 cm³/mol. The predicted octanol–water partition coefficient (Wildman–Crippen LogP) is 1.59. The molecular formula is C18H34N4O4. The summed E-state index contributed by atoms with van der Waals surface area (Å²) in [6.07, 6.45) is 3.02. The number of likely N-dealkylation sites (tertiary alicyclic amines) is 1. The lowest BCUT2D eigenvalue weighted by Gasteiger charge is -2.31. The first-order valence-electron chi connectivity index (χ1n) is 9.52. The van der Waals surface area contributed by atoms with E-state index in [1.54, 1.807) is 10.4 Å². The fourth-order valence-corrected chi connectivity index (χ4v) is 2.92. The molecule has 1 aliphatic rings. The summed E-state index contributed by atoms with van der Waals surface area (Å²) >= 11 is 0. The summed E-state index contributed by atoms with van der Waals surface area (Å²) in [4.78, 5) is 39.9. The molecule has 1 heterocycles. The van der Waals surface area contributed by atoms with Crippen LogP contribution in [0.25, 0.3) is 0 Å². The summed E-state index contributed by atoms with van der Waals surface area (Å²) in [7, 11) is 0. The first-order valence-corrected chi connectivity index (χ1v) is 9.52. The maximum Gasteiger partial charge on any atom is 0.321 e. The van der Waals surface area contributed by atoms with Crippen molar-refractivity contribution in [3.63, 3.8) is 0 Å². The van der Waals surface area contributed by atoms with Gasteiger partial charge in [-0.2, -0.15) is 0 Å². The van der Waals surface area contributed by atoms with Gasteiger partial charge in [-0.15, -0.1) is 0 Å². The average Bonchev–Trinajstić information content (AvgIpc) is 3.06. The topological polar surface area (TPSA) is 102 Å². The van der Waals surface area contributed by atoms with Crippen LogP contribution < -0.4 is 10.8 Å². The van der Waals surface area contributed by atoms with Crippen molar-refractivity contribution in [3.8, 4) is 0 Å². The molecule has 0 aliphatic carbocycles.